The van der Waals surface area contributed by atoms with E-state index in [9.17, 15) is 4.79 Å². The molecule has 1 heterocycles. The standard InChI is InChI=1S/C20H33N5O2.HI/c1-6-16(2)22-20(21-15-19(26)23(3)4)25-13-11-24(12-14-25)17-9-7-8-10-18(17)27-5;/h7-10,16H,6,11-15H2,1-5H3,(H,21,22);1H. The van der Waals surface area contributed by atoms with E-state index in [4.69, 9.17) is 4.74 Å². The summed E-state index contributed by atoms with van der Waals surface area (Å²) in [4.78, 5) is 22.7. The second-order valence-corrected chi connectivity index (χ2v) is 7.03. The van der Waals surface area contributed by atoms with Crippen molar-refractivity contribution in [2.75, 3.05) is 58.8 Å². The number of carbonyl (C=O) groups excluding carboxylic acids is 1. The van der Waals surface area contributed by atoms with Crippen molar-refractivity contribution in [2.45, 2.75) is 26.3 Å². The molecule has 1 aliphatic rings. The molecule has 0 radical (unpaired) electrons. The average molecular weight is 503 g/mol. The molecule has 8 heteroatoms. The molecular formula is C20H34IN5O2. The quantitative estimate of drug-likeness (QED) is 0.367. The molecule has 158 valence electrons. The minimum atomic E-state index is 0. The Kier molecular flexibility index (Phi) is 10.4. The number of piperazine rings is 1. The molecule has 1 amide bonds. The third-order valence-electron chi connectivity index (χ3n) is 4.86. The van der Waals surface area contributed by atoms with Gasteiger partial charge < -0.3 is 24.8 Å². The zero-order valence-corrected chi connectivity index (χ0v) is 20.0. The number of ether oxygens (including phenoxy) is 1. The number of benzene rings is 1. The van der Waals surface area contributed by atoms with Gasteiger partial charge in [0.15, 0.2) is 5.96 Å². The van der Waals surface area contributed by atoms with Gasteiger partial charge >= 0.3 is 0 Å². The molecule has 0 bridgehead atoms. The van der Waals surface area contributed by atoms with Crippen LogP contribution in [-0.2, 0) is 4.79 Å². The molecule has 1 saturated heterocycles. The first kappa shape index (κ1) is 24.3. The van der Waals surface area contributed by atoms with Gasteiger partial charge in [0.25, 0.3) is 0 Å². The molecule has 1 aromatic rings. The molecule has 1 N–H and O–H groups in total. The van der Waals surface area contributed by atoms with Crippen molar-refractivity contribution in [3.63, 3.8) is 0 Å². The van der Waals surface area contributed by atoms with Crippen molar-refractivity contribution in [2.24, 2.45) is 4.99 Å². The number of hydrogen-bond donors (Lipinski definition) is 1. The van der Waals surface area contributed by atoms with Crippen LogP contribution in [0.1, 0.15) is 20.3 Å². The maximum atomic E-state index is 11.9. The summed E-state index contributed by atoms with van der Waals surface area (Å²) >= 11 is 0. The summed E-state index contributed by atoms with van der Waals surface area (Å²) in [5.41, 5.74) is 1.12. The third kappa shape index (κ3) is 6.72. The van der Waals surface area contributed by atoms with E-state index >= 15 is 0 Å². The van der Waals surface area contributed by atoms with Gasteiger partial charge in [0.1, 0.15) is 12.3 Å². The second kappa shape index (κ2) is 12.0. The van der Waals surface area contributed by atoms with E-state index in [1.807, 2.05) is 18.2 Å². The summed E-state index contributed by atoms with van der Waals surface area (Å²) in [6.45, 7) is 7.88. The Morgan fingerprint density at radius 3 is 2.46 bits per heavy atom. The van der Waals surface area contributed by atoms with Crippen LogP contribution in [0.3, 0.4) is 0 Å². The van der Waals surface area contributed by atoms with Crippen LogP contribution in [-0.4, -0.2) is 81.6 Å². The van der Waals surface area contributed by atoms with Crippen LogP contribution in [0, 0.1) is 0 Å². The predicted octanol–water partition coefficient (Wildman–Crippen LogP) is 2.27. The van der Waals surface area contributed by atoms with E-state index < -0.39 is 0 Å². The van der Waals surface area contributed by atoms with Crippen molar-refractivity contribution in [1.82, 2.24) is 15.1 Å². The lowest BCUT2D eigenvalue weighted by Gasteiger charge is -2.38. The topological polar surface area (TPSA) is 60.4 Å². The maximum absolute atomic E-state index is 11.9. The van der Waals surface area contributed by atoms with Gasteiger partial charge in [-0.1, -0.05) is 19.1 Å². The van der Waals surface area contributed by atoms with Crippen molar-refractivity contribution >= 4 is 41.5 Å². The monoisotopic (exact) mass is 503 g/mol. The third-order valence-corrected chi connectivity index (χ3v) is 4.86. The number of guanidine groups is 1. The summed E-state index contributed by atoms with van der Waals surface area (Å²) in [6.07, 6.45) is 1.00. The summed E-state index contributed by atoms with van der Waals surface area (Å²) in [5, 5.41) is 3.47. The van der Waals surface area contributed by atoms with Crippen LogP contribution in [0.15, 0.2) is 29.3 Å². The first-order valence-electron chi connectivity index (χ1n) is 9.60. The van der Waals surface area contributed by atoms with Crippen molar-refractivity contribution in [3.8, 4) is 5.75 Å². The Morgan fingerprint density at radius 1 is 1.25 bits per heavy atom. The van der Waals surface area contributed by atoms with Crippen LogP contribution >= 0.6 is 24.0 Å². The number of halogens is 1. The van der Waals surface area contributed by atoms with E-state index in [2.05, 4.69) is 40.0 Å². The zero-order valence-electron chi connectivity index (χ0n) is 17.6. The Bertz CT molecular complexity index is 645. The zero-order chi connectivity index (χ0) is 19.8. The number of carbonyl (C=O) groups is 1. The molecule has 0 spiro atoms. The number of rotatable bonds is 6. The van der Waals surface area contributed by atoms with E-state index in [-0.39, 0.29) is 36.4 Å². The van der Waals surface area contributed by atoms with Gasteiger partial charge in [-0.2, -0.15) is 0 Å². The van der Waals surface area contributed by atoms with Crippen molar-refractivity contribution < 1.29 is 9.53 Å². The molecule has 1 unspecified atom stereocenters. The minimum absolute atomic E-state index is 0. The SMILES string of the molecule is CCC(C)NC(=NCC(=O)N(C)C)N1CCN(c2ccccc2OC)CC1.I. The van der Waals surface area contributed by atoms with Crippen LogP contribution in [0.5, 0.6) is 5.75 Å². The molecule has 7 nitrogen and oxygen atoms in total. The molecule has 2 rings (SSSR count). The molecule has 28 heavy (non-hydrogen) atoms. The van der Waals surface area contributed by atoms with Crippen LogP contribution < -0.4 is 15.0 Å². The highest BCUT2D eigenvalue weighted by Crippen LogP contribution is 2.28. The van der Waals surface area contributed by atoms with Crippen LogP contribution in [0.2, 0.25) is 0 Å². The van der Waals surface area contributed by atoms with Gasteiger partial charge in [0.2, 0.25) is 5.91 Å². The van der Waals surface area contributed by atoms with E-state index in [1.54, 1.807) is 26.1 Å². The van der Waals surface area contributed by atoms with Gasteiger partial charge in [-0.05, 0) is 25.5 Å². The molecule has 1 aliphatic heterocycles. The first-order valence-corrected chi connectivity index (χ1v) is 9.60. The number of aliphatic imine (C=N–C) groups is 1. The number of methoxy groups -OCH3 is 1. The summed E-state index contributed by atoms with van der Waals surface area (Å²) in [7, 11) is 5.22. The summed E-state index contributed by atoms with van der Waals surface area (Å²) in [5.74, 6) is 1.72. The highest BCUT2D eigenvalue weighted by atomic mass is 127. The number of amides is 1. The normalized spacial score (nSPS) is 15.5. The van der Waals surface area contributed by atoms with Gasteiger partial charge in [0, 0.05) is 46.3 Å². The van der Waals surface area contributed by atoms with Crippen molar-refractivity contribution in [1.29, 1.82) is 0 Å². The molecule has 0 saturated carbocycles. The second-order valence-electron chi connectivity index (χ2n) is 7.03. The van der Waals surface area contributed by atoms with Gasteiger partial charge in [-0.25, -0.2) is 4.99 Å². The Hall–Kier alpha value is -1.71. The fourth-order valence-electron chi connectivity index (χ4n) is 2.89. The first-order chi connectivity index (χ1) is 13.0. The maximum Gasteiger partial charge on any atom is 0.243 e. The van der Waals surface area contributed by atoms with Crippen LogP contribution in [0.4, 0.5) is 5.69 Å². The lowest BCUT2D eigenvalue weighted by atomic mass is 10.2. The fourth-order valence-corrected chi connectivity index (χ4v) is 2.89. The number of anilines is 1. The van der Waals surface area contributed by atoms with Gasteiger partial charge in [0.05, 0.1) is 12.8 Å². The lowest BCUT2D eigenvalue weighted by Crippen LogP contribution is -2.54. The van der Waals surface area contributed by atoms with Crippen LogP contribution in [0.25, 0.3) is 0 Å². The highest BCUT2D eigenvalue weighted by molar-refractivity contribution is 14.0. The van der Waals surface area contributed by atoms with E-state index in [1.165, 1.54) is 0 Å². The predicted molar refractivity (Wildman–Crippen MR) is 126 cm³/mol. The molecular weight excluding hydrogens is 469 g/mol. The lowest BCUT2D eigenvalue weighted by molar-refractivity contribution is -0.127. The summed E-state index contributed by atoms with van der Waals surface area (Å²) < 4.78 is 5.49. The van der Waals surface area contributed by atoms with E-state index in [0.717, 1.165) is 50.0 Å². The van der Waals surface area contributed by atoms with Crippen molar-refractivity contribution in [3.05, 3.63) is 24.3 Å². The van der Waals surface area contributed by atoms with E-state index in [0.29, 0.717) is 6.04 Å². The summed E-state index contributed by atoms with van der Waals surface area (Å²) in [6, 6.07) is 8.42. The average Bonchev–Trinajstić information content (AvgIpc) is 2.70. The number of hydrogen-bond acceptors (Lipinski definition) is 4. The smallest absolute Gasteiger partial charge is 0.243 e. The van der Waals surface area contributed by atoms with Gasteiger partial charge in [-0.15, -0.1) is 24.0 Å². The number of likely N-dealkylation sites (N-methyl/N-ethyl adjacent to an activating group) is 1. The minimum Gasteiger partial charge on any atom is -0.495 e. The molecule has 0 aliphatic carbocycles. The fraction of sp³-hybridized carbons (Fsp3) is 0.600. The molecule has 1 fully saturated rings. The largest absolute Gasteiger partial charge is 0.495 e. The Balaban J connectivity index is 0.00000392. The number of nitrogens with zero attached hydrogens (tertiary/aromatic N) is 4. The Morgan fingerprint density at radius 2 is 1.89 bits per heavy atom. The molecule has 0 aromatic heterocycles. The van der Waals surface area contributed by atoms with Gasteiger partial charge in [-0.3, -0.25) is 4.79 Å². The number of nitrogens with one attached hydrogen (secondary N) is 1. The highest BCUT2D eigenvalue weighted by Gasteiger charge is 2.22. The molecule has 1 atom stereocenters. The molecule has 1 aromatic carbocycles. The number of para-hydroxylation sites is 2. The Labute approximate surface area is 186 Å².